The van der Waals surface area contributed by atoms with Crippen molar-refractivity contribution in [1.82, 2.24) is 0 Å². The Bertz CT molecular complexity index is 963. The molecular formula is C22H24O9. The van der Waals surface area contributed by atoms with Crippen molar-refractivity contribution in [1.29, 1.82) is 0 Å². The number of allylic oxidation sites excluding steroid dienone is 6. The molecule has 9 nitrogen and oxygen atoms in total. The second-order valence-corrected chi connectivity index (χ2v) is 6.69. The Balaban J connectivity index is 2.40. The zero-order valence-electron chi connectivity index (χ0n) is 18.1. The summed E-state index contributed by atoms with van der Waals surface area (Å²) in [5.74, 6) is -6.49. The first kappa shape index (κ1) is 24.0. The lowest BCUT2D eigenvalue weighted by molar-refractivity contribution is -0.212. The summed E-state index contributed by atoms with van der Waals surface area (Å²) < 4.78 is 25.8. The van der Waals surface area contributed by atoms with Crippen LogP contribution >= 0.6 is 0 Å². The fourth-order valence-electron chi connectivity index (χ4n) is 3.15. The van der Waals surface area contributed by atoms with Crippen molar-refractivity contribution in [2.24, 2.45) is 0 Å². The molecule has 31 heavy (non-hydrogen) atoms. The Kier molecular flexibility index (Phi) is 7.14. The van der Waals surface area contributed by atoms with Crippen LogP contribution in [0.4, 0.5) is 0 Å². The Morgan fingerprint density at radius 2 is 1.58 bits per heavy atom. The third-order valence-corrected chi connectivity index (χ3v) is 4.61. The second kappa shape index (κ2) is 9.23. The van der Waals surface area contributed by atoms with Crippen molar-refractivity contribution >= 4 is 23.5 Å². The summed E-state index contributed by atoms with van der Waals surface area (Å²) in [5.41, 5.74) is 1.15. The van der Waals surface area contributed by atoms with Crippen LogP contribution in [0.3, 0.4) is 0 Å². The van der Waals surface area contributed by atoms with Crippen LogP contribution in [0.15, 0.2) is 58.9 Å². The minimum absolute atomic E-state index is 0.0306. The maximum absolute atomic E-state index is 13.2. The lowest BCUT2D eigenvalue weighted by Crippen LogP contribution is -2.49. The van der Waals surface area contributed by atoms with Gasteiger partial charge in [-0.15, -0.1) is 0 Å². The fraction of sp³-hybridized carbons (Fsp3) is 0.364. The number of hydrogen-bond donors (Lipinski definition) is 0. The molecule has 0 heterocycles. The molecule has 0 saturated carbocycles. The first-order valence-electron chi connectivity index (χ1n) is 9.20. The van der Waals surface area contributed by atoms with Gasteiger partial charge >= 0.3 is 17.7 Å². The molecule has 0 spiro atoms. The molecule has 2 rings (SSSR count). The number of rotatable bonds is 7. The van der Waals surface area contributed by atoms with Gasteiger partial charge in [0.25, 0.3) is 5.79 Å². The molecule has 0 N–H and O–H groups in total. The van der Waals surface area contributed by atoms with E-state index in [1.807, 2.05) is 0 Å². The normalized spacial score (nSPS) is 26.0. The summed E-state index contributed by atoms with van der Waals surface area (Å²) >= 11 is 0. The Labute approximate surface area is 179 Å². The van der Waals surface area contributed by atoms with Crippen molar-refractivity contribution in [3.63, 3.8) is 0 Å². The number of Topliss-reactive ketones (excluding diaryl/α,β-unsaturated/α-hetero) is 1. The highest BCUT2D eigenvalue weighted by Gasteiger charge is 2.51. The molecule has 2 unspecified atom stereocenters. The molecule has 0 saturated heterocycles. The molecule has 0 aliphatic heterocycles. The van der Waals surface area contributed by atoms with Gasteiger partial charge in [0.05, 0.1) is 7.11 Å². The van der Waals surface area contributed by atoms with Crippen LogP contribution in [0, 0.1) is 0 Å². The Morgan fingerprint density at radius 3 is 2.06 bits per heavy atom. The van der Waals surface area contributed by atoms with E-state index >= 15 is 0 Å². The number of ketones is 2. The summed E-state index contributed by atoms with van der Waals surface area (Å²) in [5, 5.41) is 0. The Morgan fingerprint density at radius 1 is 0.935 bits per heavy atom. The van der Waals surface area contributed by atoms with Crippen LogP contribution in [-0.4, -0.2) is 56.4 Å². The molecule has 0 aromatic carbocycles. The minimum Gasteiger partial charge on any atom is -0.494 e. The smallest absolute Gasteiger partial charge is 0.337 e. The molecule has 0 amide bonds. The summed E-state index contributed by atoms with van der Waals surface area (Å²) in [6.07, 6.45) is 8.55. The summed E-state index contributed by atoms with van der Waals surface area (Å²) in [6.45, 7) is 3.99. The van der Waals surface area contributed by atoms with Crippen molar-refractivity contribution in [2.75, 3.05) is 21.3 Å². The van der Waals surface area contributed by atoms with E-state index in [9.17, 15) is 19.2 Å². The van der Waals surface area contributed by atoms with Gasteiger partial charge in [0.2, 0.25) is 11.6 Å². The van der Waals surface area contributed by atoms with E-state index in [-0.39, 0.29) is 11.3 Å². The van der Waals surface area contributed by atoms with Gasteiger partial charge in [-0.2, -0.15) is 0 Å². The van der Waals surface area contributed by atoms with Gasteiger partial charge in [0.1, 0.15) is 0 Å². The molecule has 0 aromatic heterocycles. The molecule has 0 bridgehead atoms. The minimum atomic E-state index is -2.05. The molecule has 0 radical (unpaired) electrons. The van der Waals surface area contributed by atoms with Gasteiger partial charge in [-0.3, -0.25) is 19.2 Å². The second-order valence-electron chi connectivity index (χ2n) is 6.69. The number of carbonyl (C=O) groups excluding carboxylic acids is 4. The third kappa shape index (κ3) is 4.57. The van der Waals surface area contributed by atoms with Crippen LogP contribution in [0.1, 0.15) is 20.8 Å². The first-order valence-corrected chi connectivity index (χ1v) is 9.20. The van der Waals surface area contributed by atoms with Crippen molar-refractivity contribution < 1.29 is 42.9 Å². The van der Waals surface area contributed by atoms with Gasteiger partial charge in [0.15, 0.2) is 5.76 Å². The number of methoxy groups -OCH3 is 3. The lowest BCUT2D eigenvalue weighted by atomic mass is 9.89. The van der Waals surface area contributed by atoms with Crippen LogP contribution in [0.2, 0.25) is 0 Å². The van der Waals surface area contributed by atoms with E-state index in [4.69, 9.17) is 23.7 Å². The molecule has 166 valence electrons. The van der Waals surface area contributed by atoms with Gasteiger partial charge < -0.3 is 23.7 Å². The molecule has 0 aromatic rings. The predicted molar refractivity (Wildman–Crippen MR) is 107 cm³/mol. The van der Waals surface area contributed by atoms with E-state index in [1.54, 1.807) is 6.92 Å². The molecule has 9 heteroatoms. The average molecular weight is 432 g/mol. The maximum Gasteiger partial charge on any atom is 0.337 e. The molecule has 2 aliphatic carbocycles. The van der Waals surface area contributed by atoms with Crippen molar-refractivity contribution in [2.45, 2.75) is 32.3 Å². The number of hydrogen-bond acceptors (Lipinski definition) is 9. The quantitative estimate of drug-likeness (QED) is 0.439. The van der Waals surface area contributed by atoms with E-state index in [0.29, 0.717) is 11.1 Å². The Hall–Kier alpha value is -3.30. The lowest BCUT2D eigenvalue weighted by Gasteiger charge is -2.34. The average Bonchev–Trinajstić information content (AvgIpc) is 2.71. The number of carbonyl (C=O) groups is 4. The van der Waals surface area contributed by atoms with E-state index in [1.165, 1.54) is 57.8 Å². The topological polar surface area (TPSA) is 114 Å². The first-order chi connectivity index (χ1) is 14.5. The van der Waals surface area contributed by atoms with Crippen LogP contribution < -0.4 is 0 Å². The van der Waals surface area contributed by atoms with Crippen LogP contribution in [0.25, 0.3) is 0 Å². The number of ether oxygens (including phenoxy) is 5. The molecule has 2 atom stereocenters. The molecule has 0 fully saturated rings. The van der Waals surface area contributed by atoms with E-state index < -0.39 is 35.1 Å². The zero-order valence-corrected chi connectivity index (χ0v) is 18.1. The van der Waals surface area contributed by atoms with Gasteiger partial charge in [-0.25, -0.2) is 0 Å². The number of esters is 2. The highest BCUT2D eigenvalue weighted by molar-refractivity contribution is 6.08. The fourth-order valence-corrected chi connectivity index (χ4v) is 3.15. The largest absolute Gasteiger partial charge is 0.494 e. The van der Waals surface area contributed by atoms with Gasteiger partial charge in [-0.05, 0) is 36.3 Å². The monoisotopic (exact) mass is 432 g/mol. The SMILES string of the molecule is COC1=CC(C)=C(C=CC2=CC(=O)C(OC)(OC(C)=O)C=C2)C(=O)C1(OC)OC(C)=O. The maximum atomic E-state index is 13.2. The summed E-state index contributed by atoms with van der Waals surface area (Å²) in [7, 11) is 3.80. The highest BCUT2D eigenvalue weighted by atomic mass is 16.7. The van der Waals surface area contributed by atoms with Gasteiger partial charge in [-0.1, -0.05) is 18.2 Å². The summed E-state index contributed by atoms with van der Waals surface area (Å²) in [4.78, 5) is 48.6. The zero-order chi connectivity index (χ0) is 23.4. The summed E-state index contributed by atoms with van der Waals surface area (Å²) in [6, 6.07) is 0. The van der Waals surface area contributed by atoms with Crippen molar-refractivity contribution in [3.8, 4) is 0 Å². The van der Waals surface area contributed by atoms with Crippen molar-refractivity contribution in [3.05, 3.63) is 58.9 Å². The third-order valence-electron chi connectivity index (χ3n) is 4.61. The van der Waals surface area contributed by atoms with Crippen LogP contribution in [-0.2, 0) is 42.9 Å². The van der Waals surface area contributed by atoms with Gasteiger partial charge in [0, 0.05) is 33.6 Å². The highest BCUT2D eigenvalue weighted by Crippen LogP contribution is 2.35. The van der Waals surface area contributed by atoms with E-state index in [0.717, 1.165) is 13.8 Å². The van der Waals surface area contributed by atoms with Crippen LogP contribution in [0.5, 0.6) is 0 Å². The molecular weight excluding hydrogens is 408 g/mol. The predicted octanol–water partition coefficient (Wildman–Crippen LogP) is 1.85. The molecule has 2 aliphatic rings. The van der Waals surface area contributed by atoms with E-state index in [2.05, 4.69) is 0 Å². The standard InChI is InChI=1S/C22H24O9/c1-13-11-19(27-4)22(29-6,31-15(3)24)20(26)17(13)8-7-16-9-10-21(28-5,18(25)12-16)30-14(2)23/h7-12H,1-6H3.